The van der Waals surface area contributed by atoms with Crippen LogP contribution in [0.3, 0.4) is 0 Å². The molecule has 0 N–H and O–H groups in total. The summed E-state index contributed by atoms with van der Waals surface area (Å²) in [6.45, 7) is 9.54. The van der Waals surface area contributed by atoms with Crippen LogP contribution >= 0.6 is 0 Å². The lowest BCUT2D eigenvalue weighted by Crippen LogP contribution is -2.23. The molecule has 3 heteroatoms. The van der Waals surface area contributed by atoms with Gasteiger partial charge in [0.2, 0.25) is 21.1 Å². The molecule has 0 bridgehead atoms. The number of anilines is 2. The summed E-state index contributed by atoms with van der Waals surface area (Å²) < 4.78 is 0. The van der Waals surface area contributed by atoms with Crippen molar-refractivity contribution in [1.82, 2.24) is 0 Å². The first kappa shape index (κ1) is 31.5. The fourth-order valence-electron chi connectivity index (χ4n) is 8.70. The second kappa shape index (κ2) is 12.0. The number of fused-ring (bicyclic) bond motifs is 6. The Morgan fingerprint density at radius 1 is 0.531 bits per heavy atom. The summed E-state index contributed by atoms with van der Waals surface area (Å²) in [6, 6.07) is 37.7. The average molecular weight is 658 g/mol. The minimum Gasteiger partial charge on any atom is -0.347 e. The van der Waals surface area contributed by atoms with Crippen LogP contribution in [-0.4, -0.2) is 19.0 Å². The lowest BCUT2D eigenvalue weighted by Gasteiger charge is -2.25. The molecule has 0 aromatic heterocycles. The minimum atomic E-state index is -0.107. The van der Waals surface area contributed by atoms with Crippen molar-refractivity contribution in [2.45, 2.75) is 62.7 Å². The van der Waals surface area contributed by atoms with Crippen LogP contribution in [0.15, 0.2) is 155 Å². The molecule has 1 aliphatic carbocycles. The standard InChI is InChI=1S/C46H45N2S/c1-45(2)40(47(5)38-27-23-31-15-10-12-21-36(31)42(38)45)29-25-33-17-14-18-34(44(33)49-35-19-8-7-9-20-35)26-30-41-46(3,4)43-37-22-13-11-16-32(37)24-28-39(43)48(41)6/h7-13,15-16,19-30H,14,17-18H2,1-6H3/q+1/b33-25+,34-26?,40-29+,41-30+. The van der Waals surface area contributed by atoms with E-state index in [-0.39, 0.29) is 10.8 Å². The van der Waals surface area contributed by atoms with Gasteiger partial charge in [-0.25, -0.2) is 0 Å². The van der Waals surface area contributed by atoms with Gasteiger partial charge in [0.05, 0.1) is 0 Å². The van der Waals surface area contributed by atoms with E-state index in [1.54, 1.807) is 0 Å². The maximum atomic E-state index is 2.43. The van der Waals surface area contributed by atoms with Crippen molar-refractivity contribution >= 4 is 49.1 Å². The zero-order valence-electron chi connectivity index (χ0n) is 29.5. The molecule has 0 unspecified atom stereocenters. The van der Waals surface area contributed by atoms with Gasteiger partial charge < -0.3 is 9.80 Å². The summed E-state index contributed by atoms with van der Waals surface area (Å²) in [5.41, 5.74) is 10.8. The van der Waals surface area contributed by atoms with Gasteiger partial charge in [-0.05, 0) is 76.2 Å². The van der Waals surface area contributed by atoms with Crippen LogP contribution in [0.1, 0.15) is 58.1 Å². The van der Waals surface area contributed by atoms with Gasteiger partial charge in [0.15, 0.2) is 0 Å². The molecule has 244 valence electrons. The van der Waals surface area contributed by atoms with Gasteiger partial charge in [-0.1, -0.05) is 119 Å². The molecule has 0 saturated heterocycles. The average Bonchev–Trinajstić information content (AvgIpc) is 3.44. The predicted octanol–water partition coefficient (Wildman–Crippen LogP) is 11.3. The van der Waals surface area contributed by atoms with Crippen molar-refractivity contribution in [2.75, 3.05) is 23.9 Å². The largest absolute Gasteiger partial charge is 0.347 e. The van der Waals surface area contributed by atoms with Crippen LogP contribution in [0, 0.1) is 0 Å². The van der Waals surface area contributed by atoms with Gasteiger partial charge in [-0.3, -0.25) is 0 Å². The highest BCUT2D eigenvalue weighted by atomic mass is 32.1. The number of hydrogen-bond acceptors (Lipinski definition) is 2. The number of allylic oxidation sites excluding steroid dienone is 8. The Labute approximate surface area is 295 Å². The van der Waals surface area contributed by atoms with E-state index in [2.05, 4.69) is 179 Å². The lowest BCUT2D eigenvalue weighted by molar-refractivity contribution is 0.645. The van der Waals surface area contributed by atoms with Crippen molar-refractivity contribution in [1.29, 1.82) is 0 Å². The molecular weight excluding hydrogens is 613 g/mol. The van der Waals surface area contributed by atoms with Crippen molar-refractivity contribution in [3.63, 3.8) is 0 Å². The van der Waals surface area contributed by atoms with E-state index < -0.39 is 0 Å². The van der Waals surface area contributed by atoms with E-state index in [1.807, 2.05) is 11.4 Å². The Balaban J connectivity index is 1.21. The van der Waals surface area contributed by atoms with E-state index in [9.17, 15) is 0 Å². The fourth-order valence-corrected chi connectivity index (χ4v) is 9.84. The number of nitrogens with zero attached hydrogens (tertiary/aromatic N) is 2. The monoisotopic (exact) mass is 657 g/mol. The quantitative estimate of drug-likeness (QED) is 0.108. The third kappa shape index (κ3) is 5.18. The molecule has 49 heavy (non-hydrogen) atoms. The third-order valence-electron chi connectivity index (χ3n) is 11.1. The molecule has 0 radical (unpaired) electrons. The summed E-state index contributed by atoms with van der Waals surface area (Å²) in [4.78, 5) is 7.50. The Morgan fingerprint density at radius 3 is 1.47 bits per heavy atom. The molecule has 0 amide bonds. The molecule has 5 aromatic carbocycles. The van der Waals surface area contributed by atoms with Gasteiger partial charge in [-0.15, -0.1) is 0 Å². The predicted molar refractivity (Wildman–Crippen MR) is 214 cm³/mol. The highest BCUT2D eigenvalue weighted by Gasteiger charge is 2.41. The third-order valence-corrected chi connectivity index (χ3v) is 12.3. The molecule has 0 atom stereocenters. The minimum absolute atomic E-state index is 0.107. The number of hydrogen-bond donors (Lipinski definition) is 0. The number of rotatable bonds is 3. The molecule has 8 rings (SSSR count). The first-order valence-corrected chi connectivity index (χ1v) is 18.4. The van der Waals surface area contributed by atoms with Gasteiger partial charge in [0, 0.05) is 71.0 Å². The maximum absolute atomic E-state index is 2.43. The highest BCUT2D eigenvalue weighted by molar-refractivity contribution is 7.79. The normalized spacial score (nSPS) is 22.3. The van der Waals surface area contributed by atoms with E-state index in [0.29, 0.717) is 0 Å². The van der Waals surface area contributed by atoms with Crippen LogP contribution in [-0.2, 0) is 22.2 Å². The second-order valence-electron chi connectivity index (χ2n) is 14.8. The topological polar surface area (TPSA) is 6.48 Å². The molecule has 2 aliphatic heterocycles. The van der Waals surface area contributed by atoms with Crippen LogP contribution in [0.5, 0.6) is 0 Å². The van der Waals surface area contributed by atoms with E-state index in [1.165, 1.54) is 76.3 Å². The Hall–Kier alpha value is -4.73. The molecular formula is C46H45N2S+. The van der Waals surface area contributed by atoms with Gasteiger partial charge in [-0.2, -0.15) is 0 Å². The Morgan fingerprint density at radius 2 is 0.980 bits per heavy atom. The zero-order valence-corrected chi connectivity index (χ0v) is 30.4. The van der Waals surface area contributed by atoms with E-state index >= 15 is 0 Å². The summed E-state index contributed by atoms with van der Waals surface area (Å²) in [5, 5.41) is 5.32. The van der Waals surface area contributed by atoms with Crippen LogP contribution in [0.4, 0.5) is 11.4 Å². The van der Waals surface area contributed by atoms with Crippen molar-refractivity contribution in [2.24, 2.45) is 0 Å². The zero-order chi connectivity index (χ0) is 33.9. The first-order valence-electron chi connectivity index (χ1n) is 17.6. The molecule has 2 heterocycles. The smallest absolute Gasteiger partial charge is 0.237 e. The summed E-state index contributed by atoms with van der Waals surface area (Å²) in [5.74, 6) is 0. The highest BCUT2D eigenvalue weighted by Crippen LogP contribution is 2.51. The summed E-state index contributed by atoms with van der Waals surface area (Å²) in [7, 11) is 4.46. The maximum Gasteiger partial charge on any atom is 0.237 e. The van der Waals surface area contributed by atoms with Gasteiger partial charge in [0.25, 0.3) is 0 Å². The van der Waals surface area contributed by atoms with Crippen molar-refractivity contribution in [3.8, 4) is 0 Å². The molecule has 0 spiro atoms. The van der Waals surface area contributed by atoms with Crippen molar-refractivity contribution in [3.05, 3.63) is 161 Å². The molecule has 1 fully saturated rings. The summed E-state index contributed by atoms with van der Waals surface area (Å²) >= 11 is 1.92. The van der Waals surface area contributed by atoms with Crippen LogP contribution < -0.4 is 9.80 Å². The molecule has 5 aromatic rings. The Bertz CT molecular complexity index is 2140. The second-order valence-corrected chi connectivity index (χ2v) is 15.9. The van der Waals surface area contributed by atoms with Gasteiger partial charge >= 0.3 is 0 Å². The fraction of sp³-hybridized carbons (Fsp3) is 0.239. The lowest BCUT2D eigenvalue weighted by atomic mass is 9.80. The molecule has 3 aliphatic rings. The number of likely N-dealkylation sites (N-methyl/N-ethyl adjacent to an activating group) is 2. The first-order chi connectivity index (χ1) is 23.7. The molecule has 1 saturated carbocycles. The van der Waals surface area contributed by atoms with E-state index in [0.717, 1.165) is 19.3 Å². The van der Waals surface area contributed by atoms with Crippen LogP contribution in [0.25, 0.3) is 21.5 Å². The number of benzene rings is 5. The van der Waals surface area contributed by atoms with Crippen molar-refractivity contribution < 1.29 is 0 Å². The molecule has 2 nitrogen and oxygen atoms in total. The van der Waals surface area contributed by atoms with Crippen LogP contribution in [0.2, 0.25) is 0 Å². The SMILES string of the molecule is CN1/C(=C/C=C2CCC/C(=C\C=C3\N(C)c4ccc5ccccc5c4C3(C)C)C2=[S+]c2ccccc2)C(C)(C)c2c1ccc1ccccc21. The summed E-state index contributed by atoms with van der Waals surface area (Å²) in [6.07, 6.45) is 13.0. The van der Waals surface area contributed by atoms with E-state index in [4.69, 9.17) is 0 Å². The Kier molecular flexibility index (Phi) is 7.72. The van der Waals surface area contributed by atoms with Gasteiger partial charge in [0.1, 0.15) is 0 Å².